The molecule has 2 aromatic heterocycles. The second kappa shape index (κ2) is 4.55. The number of aliphatic hydroxyl groups excluding tert-OH is 1. The van der Waals surface area contributed by atoms with Crippen LogP contribution in [0.5, 0.6) is 5.88 Å². The van der Waals surface area contributed by atoms with Gasteiger partial charge in [-0.3, -0.25) is 4.98 Å². The highest BCUT2D eigenvalue weighted by molar-refractivity contribution is 5.28. The van der Waals surface area contributed by atoms with Crippen LogP contribution in [0.3, 0.4) is 0 Å². The van der Waals surface area contributed by atoms with Crippen molar-refractivity contribution in [2.75, 3.05) is 7.11 Å². The Balaban J connectivity index is 2.33. The van der Waals surface area contributed by atoms with Crippen LogP contribution in [0.15, 0.2) is 24.5 Å². The van der Waals surface area contributed by atoms with Gasteiger partial charge in [0.1, 0.15) is 6.10 Å². The number of rotatable bonds is 3. The summed E-state index contributed by atoms with van der Waals surface area (Å²) in [6, 6.07) is 3.60. The molecular weight excluding hydrogens is 218 g/mol. The van der Waals surface area contributed by atoms with Crippen LogP contribution in [0.1, 0.15) is 22.9 Å². The molecule has 0 aromatic carbocycles. The molecule has 2 aromatic rings. The minimum absolute atomic E-state index is 0.553. The largest absolute Gasteiger partial charge is 0.481 e. The van der Waals surface area contributed by atoms with Crippen molar-refractivity contribution in [1.29, 1.82) is 0 Å². The molecule has 0 amide bonds. The van der Waals surface area contributed by atoms with Gasteiger partial charge in [-0.2, -0.15) is 5.10 Å². The Morgan fingerprint density at radius 3 is 2.71 bits per heavy atom. The quantitative estimate of drug-likeness (QED) is 0.865. The van der Waals surface area contributed by atoms with Crippen LogP contribution in [0, 0.1) is 6.92 Å². The third kappa shape index (κ3) is 2.29. The summed E-state index contributed by atoms with van der Waals surface area (Å²) < 4.78 is 6.69. The number of hydrogen-bond acceptors (Lipinski definition) is 4. The minimum Gasteiger partial charge on any atom is -0.481 e. The highest BCUT2D eigenvalue weighted by atomic mass is 16.5. The van der Waals surface area contributed by atoms with Crippen molar-refractivity contribution >= 4 is 0 Å². The first kappa shape index (κ1) is 11.6. The molecule has 0 spiro atoms. The van der Waals surface area contributed by atoms with Gasteiger partial charge in [0.05, 0.1) is 12.8 Å². The van der Waals surface area contributed by atoms with E-state index in [0.717, 1.165) is 11.1 Å². The highest BCUT2D eigenvalue weighted by Gasteiger charge is 2.16. The molecule has 0 radical (unpaired) electrons. The molecule has 0 aliphatic rings. The van der Waals surface area contributed by atoms with Gasteiger partial charge in [0.25, 0.3) is 0 Å². The van der Waals surface area contributed by atoms with Gasteiger partial charge in [-0.25, -0.2) is 4.68 Å². The summed E-state index contributed by atoms with van der Waals surface area (Å²) in [6.07, 6.45) is 2.60. The molecule has 1 N–H and O–H groups in total. The lowest BCUT2D eigenvalue weighted by Gasteiger charge is -2.07. The van der Waals surface area contributed by atoms with Gasteiger partial charge in [-0.05, 0) is 12.5 Å². The van der Waals surface area contributed by atoms with E-state index in [0.29, 0.717) is 11.6 Å². The second-order valence-corrected chi connectivity index (χ2v) is 3.93. The first-order chi connectivity index (χ1) is 8.11. The van der Waals surface area contributed by atoms with Gasteiger partial charge in [0.2, 0.25) is 5.88 Å². The lowest BCUT2D eigenvalue weighted by Crippen LogP contribution is -2.02. The fraction of sp³-hybridized carbons (Fsp3) is 0.333. The molecule has 0 saturated heterocycles. The summed E-state index contributed by atoms with van der Waals surface area (Å²) in [4.78, 5) is 4.05. The Labute approximate surface area is 99.7 Å². The van der Waals surface area contributed by atoms with Gasteiger partial charge in [0, 0.05) is 31.1 Å². The van der Waals surface area contributed by atoms with Crippen LogP contribution in [0.25, 0.3) is 0 Å². The van der Waals surface area contributed by atoms with Crippen LogP contribution in [-0.4, -0.2) is 27.0 Å². The van der Waals surface area contributed by atoms with Crippen molar-refractivity contribution in [2.24, 2.45) is 7.05 Å². The number of pyridine rings is 1. The summed E-state index contributed by atoms with van der Waals surface area (Å²) in [5.74, 6) is 0.611. The Morgan fingerprint density at radius 2 is 2.12 bits per heavy atom. The van der Waals surface area contributed by atoms with Gasteiger partial charge in [-0.15, -0.1) is 0 Å². The van der Waals surface area contributed by atoms with Crippen LogP contribution in [0.4, 0.5) is 0 Å². The number of methoxy groups -OCH3 is 1. The first-order valence-electron chi connectivity index (χ1n) is 5.29. The number of hydrogen-bond donors (Lipinski definition) is 1. The molecule has 0 fully saturated rings. The number of aryl methyl sites for hydroxylation is 2. The van der Waals surface area contributed by atoms with Gasteiger partial charge in [-0.1, -0.05) is 6.07 Å². The third-order valence-electron chi connectivity index (χ3n) is 2.56. The fourth-order valence-electron chi connectivity index (χ4n) is 1.69. The minimum atomic E-state index is -0.780. The van der Waals surface area contributed by atoms with E-state index in [4.69, 9.17) is 4.74 Å². The predicted octanol–water partition coefficient (Wildman–Crippen LogP) is 1.21. The van der Waals surface area contributed by atoms with Gasteiger partial charge in [0.15, 0.2) is 0 Å². The van der Waals surface area contributed by atoms with E-state index in [1.165, 1.54) is 0 Å². The maximum absolute atomic E-state index is 10.2. The zero-order valence-electron chi connectivity index (χ0n) is 10.1. The van der Waals surface area contributed by atoms with E-state index in [2.05, 4.69) is 10.1 Å². The van der Waals surface area contributed by atoms with E-state index in [1.54, 1.807) is 37.3 Å². The summed E-state index contributed by atoms with van der Waals surface area (Å²) in [5, 5.41) is 14.4. The standard InChI is InChI=1S/C12H15N3O2/c1-8-4-9(7-13-6-8)12(16)10-5-11(17-3)15(2)14-10/h4-7,12,16H,1-3H3. The Hall–Kier alpha value is -1.88. The van der Waals surface area contributed by atoms with Crippen molar-refractivity contribution < 1.29 is 9.84 Å². The molecule has 5 heteroatoms. The topological polar surface area (TPSA) is 60.2 Å². The molecule has 5 nitrogen and oxygen atoms in total. The maximum Gasteiger partial charge on any atom is 0.211 e. The normalized spacial score (nSPS) is 12.5. The van der Waals surface area contributed by atoms with E-state index in [1.807, 2.05) is 13.0 Å². The van der Waals surface area contributed by atoms with Crippen LogP contribution in [0.2, 0.25) is 0 Å². The number of nitrogens with zero attached hydrogens (tertiary/aromatic N) is 3. The summed E-state index contributed by atoms with van der Waals surface area (Å²) in [6.45, 7) is 1.93. The van der Waals surface area contributed by atoms with Crippen LogP contribution < -0.4 is 4.74 Å². The SMILES string of the molecule is COc1cc(C(O)c2cncc(C)c2)nn1C. The van der Waals surface area contributed by atoms with E-state index >= 15 is 0 Å². The summed E-state index contributed by atoms with van der Waals surface area (Å²) >= 11 is 0. The zero-order chi connectivity index (χ0) is 12.4. The molecule has 2 heterocycles. The molecule has 1 unspecified atom stereocenters. The Kier molecular flexibility index (Phi) is 3.10. The van der Waals surface area contributed by atoms with Crippen LogP contribution in [-0.2, 0) is 7.05 Å². The summed E-state index contributed by atoms with van der Waals surface area (Å²) in [5.41, 5.74) is 2.28. The predicted molar refractivity (Wildman–Crippen MR) is 62.8 cm³/mol. The average molecular weight is 233 g/mol. The molecule has 17 heavy (non-hydrogen) atoms. The Bertz CT molecular complexity index is 522. The lowest BCUT2D eigenvalue weighted by atomic mass is 10.1. The van der Waals surface area contributed by atoms with Crippen LogP contribution >= 0.6 is 0 Å². The molecule has 2 rings (SSSR count). The van der Waals surface area contributed by atoms with Gasteiger partial charge >= 0.3 is 0 Å². The summed E-state index contributed by atoms with van der Waals surface area (Å²) in [7, 11) is 3.34. The maximum atomic E-state index is 10.2. The number of aromatic nitrogens is 3. The zero-order valence-corrected chi connectivity index (χ0v) is 10.1. The third-order valence-corrected chi connectivity index (χ3v) is 2.56. The first-order valence-corrected chi connectivity index (χ1v) is 5.29. The van der Waals surface area contributed by atoms with E-state index < -0.39 is 6.10 Å². The lowest BCUT2D eigenvalue weighted by molar-refractivity contribution is 0.214. The van der Waals surface area contributed by atoms with Crippen molar-refractivity contribution in [3.05, 3.63) is 41.3 Å². The molecule has 1 atom stereocenters. The molecule has 0 aliphatic heterocycles. The molecular formula is C12H15N3O2. The smallest absolute Gasteiger partial charge is 0.211 e. The van der Waals surface area contributed by atoms with E-state index in [-0.39, 0.29) is 0 Å². The van der Waals surface area contributed by atoms with Gasteiger partial charge < -0.3 is 9.84 Å². The molecule has 0 bridgehead atoms. The number of aliphatic hydroxyl groups is 1. The molecule has 0 saturated carbocycles. The number of ether oxygens (including phenoxy) is 1. The van der Waals surface area contributed by atoms with Crippen molar-refractivity contribution in [2.45, 2.75) is 13.0 Å². The Morgan fingerprint density at radius 1 is 1.35 bits per heavy atom. The second-order valence-electron chi connectivity index (χ2n) is 3.93. The van der Waals surface area contributed by atoms with Crippen molar-refractivity contribution in [1.82, 2.24) is 14.8 Å². The fourth-order valence-corrected chi connectivity index (χ4v) is 1.69. The monoisotopic (exact) mass is 233 g/mol. The highest BCUT2D eigenvalue weighted by Crippen LogP contribution is 2.23. The molecule has 90 valence electrons. The van der Waals surface area contributed by atoms with Crippen molar-refractivity contribution in [3.63, 3.8) is 0 Å². The van der Waals surface area contributed by atoms with Crippen molar-refractivity contribution in [3.8, 4) is 5.88 Å². The average Bonchev–Trinajstić information content (AvgIpc) is 2.69. The van der Waals surface area contributed by atoms with E-state index in [9.17, 15) is 5.11 Å². The molecule has 0 aliphatic carbocycles.